The van der Waals surface area contributed by atoms with Crippen molar-refractivity contribution in [1.29, 1.82) is 0 Å². The van der Waals surface area contributed by atoms with Gasteiger partial charge >= 0.3 is 0 Å². The van der Waals surface area contributed by atoms with Gasteiger partial charge in [-0.25, -0.2) is 9.97 Å². The Bertz CT molecular complexity index is 1110. The van der Waals surface area contributed by atoms with Crippen molar-refractivity contribution in [1.82, 2.24) is 20.2 Å². The minimum Gasteiger partial charge on any atom is -0.493 e. The number of nitrogens with zero attached hydrogens (tertiary/aromatic N) is 3. The average molecular weight is 362 g/mol. The summed E-state index contributed by atoms with van der Waals surface area (Å²) in [7, 11) is 3.19. The molecule has 0 aliphatic rings. The molecule has 0 saturated heterocycles. The van der Waals surface area contributed by atoms with Crippen molar-refractivity contribution < 1.29 is 9.47 Å². The number of rotatable bonds is 5. The van der Waals surface area contributed by atoms with E-state index in [-0.39, 0.29) is 0 Å². The van der Waals surface area contributed by atoms with Gasteiger partial charge < -0.3 is 20.5 Å². The van der Waals surface area contributed by atoms with Crippen LogP contribution in [0.5, 0.6) is 11.5 Å². The second kappa shape index (κ2) is 6.83. The summed E-state index contributed by atoms with van der Waals surface area (Å²) in [5, 5.41) is 10.3. The van der Waals surface area contributed by atoms with Crippen molar-refractivity contribution in [3.63, 3.8) is 0 Å². The van der Waals surface area contributed by atoms with E-state index < -0.39 is 0 Å². The highest BCUT2D eigenvalue weighted by molar-refractivity contribution is 5.88. The highest BCUT2D eigenvalue weighted by Crippen LogP contribution is 2.32. The van der Waals surface area contributed by atoms with Crippen molar-refractivity contribution in [3.05, 3.63) is 48.7 Å². The Morgan fingerprint density at radius 3 is 2.63 bits per heavy atom. The van der Waals surface area contributed by atoms with Gasteiger partial charge in [-0.05, 0) is 24.3 Å². The second-order valence-electron chi connectivity index (χ2n) is 5.85. The molecule has 8 nitrogen and oxygen atoms in total. The predicted octanol–water partition coefficient (Wildman–Crippen LogP) is 3.36. The Balaban J connectivity index is 1.78. The molecule has 0 amide bonds. The summed E-state index contributed by atoms with van der Waals surface area (Å²) in [6.45, 7) is 0. The number of hydrogen-bond acceptors (Lipinski definition) is 7. The molecule has 2 heterocycles. The standard InChI is InChI=1S/C19H18N6O2/c1-26-15-7-6-13(9-16(15)27-2)22-19-17-14(10-21-25-17)23-18(24-19)11-4-3-5-12(20)8-11/h3-10H,20H2,1-2H3,(H,21,25)(H,22,23,24). The first-order valence-corrected chi connectivity index (χ1v) is 8.24. The molecular formula is C19H18N6O2. The van der Waals surface area contributed by atoms with Gasteiger partial charge in [-0.3, -0.25) is 5.10 Å². The molecule has 4 aromatic rings. The third-order valence-electron chi connectivity index (χ3n) is 4.09. The smallest absolute Gasteiger partial charge is 0.162 e. The molecule has 2 aromatic carbocycles. The summed E-state index contributed by atoms with van der Waals surface area (Å²) in [5.74, 6) is 2.42. The van der Waals surface area contributed by atoms with Gasteiger partial charge in [0.15, 0.2) is 23.1 Å². The molecule has 0 saturated carbocycles. The SMILES string of the molecule is COc1ccc(Nc2nc(-c3cccc(N)c3)nc3cn[nH]c23)cc1OC. The lowest BCUT2D eigenvalue weighted by Crippen LogP contribution is -2.00. The van der Waals surface area contributed by atoms with Crippen LogP contribution >= 0.6 is 0 Å². The maximum Gasteiger partial charge on any atom is 0.162 e. The summed E-state index contributed by atoms with van der Waals surface area (Å²) in [6.07, 6.45) is 1.66. The van der Waals surface area contributed by atoms with Gasteiger partial charge in [-0.15, -0.1) is 0 Å². The lowest BCUT2D eigenvalue weighted by Gasteiger charge is -2.12. The molecule has 0 bridgehead atoms. The van der Waals surface area contributed by atoms with Crippen molar-refractivity contribution >= 4 is 28.2 Å². The van der Waals surface area contributed by atoms with Crippen LogP contribution in [0.25, 0.3) is 22.4 Å². The molecule has 0 fully saturated rings. The number of fused-ring (bicyclic) bond motifs is 1. The normalized spacial score (nSPS) is 10.7. The highest BCUT2D eigenvalue weighted by atomic mass is 16.5. The molecule has 8 heteroatoms. The second-order valence-corrected chi connectivity index (χ2v) is 5.85. The number of aromatic amines is 1. The number of anilines is 3. The number of methoxy groups -OCH3 is 2. The van der Waals surface area contributed by atoms with E-state index in [0.717, 1.165) is 11.3 Å². The molecule has 0 radical (unpaired) electrons. The Hall–Kier alpha value is -3.81. The third kappa shape index (κ3) is 3.20. The Labute approximate surface area is 155 Å². The summed E-state index contributed by atoms with van der Waals surface area (Å²) >= 11 is 0. The van der Waals surface area contributed by atoms with E-state index in [4.69, 9.17) is 15.2 Å². The summed E-state index contributed by atoms with van der Waals surface area (Å²) < 4.78 is 10.6. The maximum atomic E-state index is 5.89. The minimum atomic E-state index is 0.555. The van der Waals surface area contributed by atoms with Crippen LogP contribution in [0.2, 0.25) is 0 Å². The van der Waals surface area contributed by atoms with E-state index >= 15 is 0 Å². The lowest BCUT2D eigenvalue weighted by atomic mass is 10.2. The van der Waals surface area contributed by atoms with Crippen molar-refractivity contribution in [2.75, 3.05) is 25.3 Å². The molecule has 2 aromatic heterocycles. The van der Waals surface area contributed by atoms with Crippen LogP contribution < -0.4 is 20.5 Å². The monoisotopic (exact) mass is 362 g/mol. The predicted molar refractivity (Wildman–Crippen MR) is 104 cm³/mol. The largest absolute Gasteiger partial charge is 0.493 e. The first-order chi connectivity index (χ1) is 13.2. The van der Waals surface area contributed by atoms with Gasteiger partial charge in [0.05, 0.1) is 20.4 Å². The van der Waals surface area contributed by atoms with Gasteiger partial charge in [-0.2, -0.15) is 5.10 Å². The fourth-order valence-corrected chi connectivity index (χ4v) is 2.79. The van der Waals surface area contributed by atoms with Gasteiger partial charge in [0, 0.05) is 23.0 Å². The summed E-state index contributed by atoms with van der Waals surface area (Å²) in [5.41, 5.74) is 9.57. The van der Waals surface area contributed by atoms with E-state index in [2.05, 4.69) is 25.5 Å². The van der Waals surface area contributed by atoms with Gasteiger partial charge in [-0.1, -0.05) is 12.1 Å². The third-order valence-corrected chi connectivity index (χ3v) is 4.09. The number of benzene rings is 2. The van der Waals surface area contributed by atoms with Crippen molar-refractivity contribution in [2.45, 2.75) is 0 Å². The number of H-pyrrole nitrogens is 1. The topological polar surface area (TPSA) is 111 Å². The molecule has 136 valence electrons. The highest BCUT2D eigenvalue weighted by Gasteiger charge is 2.13. The first kappa shape index (κ1) is 16.6. The van der Waals surface area contributed by atoms with Gasteiger partial charge in [0.25, 0.3) is 0 Å². The molecule has 27 heavy (non-hydrogen) atoms. The number of nitrogens with two attached hydrogens (primary N) is 1. The zero-order chi connectivity index (χ0) is 18.8. The minimum absolute atomic E-state index is 0.555. The number of hydrogen-bond donors (Lipinski definition) is 3. The maximum absolute atomic E-state index is 5.89. The van der Waals surface area contributed by atoms with Crippen molar-refractivity contribution in [2.24, 2.45) is 0 Å². The number of nitrogens with one attached hydrogen (secondary N) is 2. The number of ether oxygens (including phenoxy) is 2. The van der Waals surface area contributed by atoms with Crippen LogP contribution in [-0.2, 0) is 0 Å². The fraction of sp³-hybridized carbons (Fsp3) is 0.105. The fourth-order valence-electron chi connectivity index (χ4n) is 2.79. The van der Waals surface area contributed by atoms with Crippen LogP contribution in [0.4, 0.5) is 17.2 Å². The van der Waals surface area contributed by atoms with E-state index in [0.29, 0.717) is 39.9 Å². The van der Waals surface area contributed by atoms with Crippen LogP contribution in [0.3, 0.4) is 0 Å². The van der Waals surface area contributed by atoms with Crippen LogP contribution in [-0.4, -0.2) is 34.4 Å². The van der Waals surface area contributed by atoms with E-state index in [1.165, 1.54) is 0 Å². The van der Waals surface area contributed by atoms with E-state index in [1.807, 2.05) is 42.5 Å². The number of aromatic nitrogens is 4. The Morgan fingerprint density at radius 2 is 1.85 bits per heavy atom. The average Bonchev–Trinajstić information content (AvgIpc) is 3.17. The summed E-state index contributed by atoms with van der Waals surface area (Å²) in [6, 6.07) is 13.0. The van der Waals surface area contributed by atoms with Crippen LogP contribution in [0.1, 0.15) is 0 Å². The zero-order valence-corrected chi connectivity index (χ0v) is 14.9. The van der Waals surface area contributed by atoms with Crippen molar-refractivity contribution in [3.8, 4) is 22.9 Å². The molecule has 4 rings (SSSR count). The Morgan fingerprint density at radius 1 is 1.00 bits per heavy atom. The van der Waals surface area contributed by atoms with Gasteiger partial charge in [0.2, 0.25) is 0 Å². The zero-order valence-electron chi connectivity index (χ0n) is 14.9. The molecule has 0 unspecified atom stereocenters. The lowest BCUT2D eigenvalue weighted by molar-refractivity contribution is 0.355. The van der Waals surface area contributed by atoms with Crippen LogP contribution in [0, 0.1) is 0 Å². The number of nitrogen functional groups attached to an aromatic ring is 1. The van der Waals surface area contributed by atoms with Gasteiger partial charge in [0.1, 0.15) is 11.0 Å². The molecule has 0 aliphatic heterocycles. The van der Waals surface area contributed by atoms with E-state index in [1.54, 1.807) is 20.4 Å². The first-order valence-electron chi connectivity index (χ1n) is 8.24. The van der Waals surface area contributed by atoms with E-state index in [9.17, 15) is 0 Å². The molecule has 0 spiro atoms. The Kier molecular flexibility index (Phi) is 4.21. The molecule has 0 aliphatic carbocycles. The summed E-state index contributed by atoms with van der Waals surface area (Å²) in [4.78, 5) is 9.22. The van der Waals surface area contributed by atoms with Crippen LogP contribution in [0.15, 0.2) is 48.7 Å². The molecular weight excluding hydrogens is 344 g/mol. The molecule has 0 atom stereocenters. The quantitative estimate of drug-likeness (QED) is 0.467. The molecule has 4 N–H and O–H groups in total.